The number of rotatable bonds is 5. The molecule has 1 fully saturated rings. The van der Waals surface area contributed by atoms with Gasteiger partial charge < -0.3 is 14.5 Å². The van der Waals surface area contributed by atoms with Crippen LogP contribution in [0.25, 0.3) is 17.2 Å². The Bertz CT molecular complexity index is 778. The molecule has 0 bridgehead atoms. The van der Waals surface area contributed by atoms with Crippen LogP contribution in [0.15, 0.2) is 34.8 Å². The van der Waals surface area contributed by atoms with Gasteiger partial charge in [0.05, 0.1) is 0 Å². The zero-order valence-corrected chi connectivity index (χ0v) is 15.1. The van der Waals surface area contributed by atoms with Gasteiger partial charge in [-0.1, -0.05) is 31.9 Å². The Morgan fingerprint density at radius 1 is 1.31 bits per heavy atom. The van der Waals surface area contributed by atoms with Gasteiger partial charge in [0, 0.05) is 18.2 Å². The van der Waals surface area contributed by atoms with Gasteiger partial charge in [-0.05, 0) is 37.8 Å². The van der Waals surface area contributed by atoms with Gasteiger partial charge in [-0.3, -0.25) is 4.79 Å². The van der Waals surface area contributed by atoms with Crippen molar-refractivity contribution in [2.45, 2.75) is 51.7 Å². The van der Waals surface area contributed by atoms with Crippen molar-refractivity contribution in [3.63, 3.8) is 0 Å². The summed E-state index contributed by atoms with van der Waals surface area (Å²) < 4.78 is 10.7. The number of aromatic nitrogens is 1. The first-order valence-corrected chi connectivity index (χ1v) is 9.07. The summed E-state index contributed by atoms with van der Waals surface area (Å²) in [5, 5.41) is 2.99. The van der Waals surface area contributed by atoms with Gasteiger partial charge in [0.25, 0.3) is 5.91 Å². The van der Waals surface area contributed by atoms with Gasteiger partial charge in [-0.2, -0.15) is 0 Å². The minimum Gasteiger partial charge on any atom is -0.449 e. The first-order valence-electron chi connectivity index (χ1n) is 9.07. The molecule has 1 N–H and O–H groups in total. The van der Waals surface area contributed by atoms with E-state index in [1.165, 1.54) is 18.6 Å². The molecule has 26 heavy (non-hydrogen) atoms. The van der Waals surface area contributed by atoms with E-state index in [0.29, 0.717) is 17.4 Å². The maximum atomic E-state index is 12.2. The number of ether oxygens (including phenoxy) is 1. The lowest BCUT2D eigenvalue weighted by Crippen LogP contribution is -2.45. The summed E-state index contributed by atoms with van der Waals surface area (Å²) in [6, 6.07) is 7.50. The zero-order chi connectivity index (χ0) is 18.5. The minimum absolute atomic E-state index is 0.160. The summed E-state index contributed by atoms with van der Waals surface area (Å²) in [6.07, 6.45) is 6.24. The van der Waals surface area contributed by atoms with Gasteiger partial charge >= 0.3 is 5.97 Å². The zero-order valence-electron chi connectivity index (χ0n) is 15.1. The maximum Gasteiger partial charge on any atom is 0.331 e. The van der Waals surface area contributed by atoms with Crippen molar-refractivity contribution >= 4 is 29.1 Å². The third kappa shape index (κ3) is 4.50. The van der Waals surface area contributed by atoms with E-state index in [9.17, 15) is 9.59 Å². The van der Waals surface area contributed by atoms with Crippen LogP contribution in [-0.4, -0.2) is 29.0 Å². The molecule has 1 aromatic heterocycles. The van der Waals surface area contributed by atoms with Crippen molar-refractivity contribution in [1.82, 2.24) is 10.3 Å². The predicted octanol–water partition coefficient (Wildman–Crippen LogP) is 3.47. The van der Waals surface area contributed by atoms with E-state index < -0.39 is 12.1 Å². The summed E-state index contributed by atoms with van der Waals surface area (Å²) in [5.74, 6) is -0.0927. The number of hydrogen-bond acceptors (Lipinski definition) is 5. The van der Waals surface area contributed by atoms with Gasteiger partial charge in [0.15, 0.2) is 11.7 Å². The fourth-order valence-corrected chi connectivity index (χ4v) is 3.20. The van der Waals surface area contributed by atoms with Crippen LogP contribution in [0.1, 0.15) is 45.4 Å². The number of hydrogen-bond donors (Lipinski definition) is 1. The first-order chi connectivity index (χ1) is 12.5. The number of esters is 1. The second-order valence-electron chi connectivity index (χ2n) is 6.81. The second kappa shape index (κ2) is 8.17. The van der Waals surface area contributed by atoms with E-state index in [-0.39, 0.29) is 11.9 Å². The van der Waals surface area contributed by atoms with Gasteiger partial charge in [-0.15, -0.1) is 0 Å². The highest BCUT2D eigenvalue weighted by Crippen LogP contribution is 2.23. The Kier molecular flexibility index (Phi) is 5.71. The van der Waals surface area contributed by atoms with Gasteiger partial charge in [-0.25, -0.2) is 9.78 Å². The molecule has 3 atom stereocenters. The van der Waals surface area contributed by atoms with E-state index in [1.807, 2.05) is 18.2 Å². The largest absolute Gasteiger partial charge is 0.449 e. The Morgan fingerprint density at radius 2 is 2.08 bits per heavy atom. The van der Waals surface area contributed by atoms with E-state index in [1.54, 1.807) is 13.0 Å². The predicted molar refractivity (Wildman–Crippen MR) is 98.2 cm³/mol. The molecule has 0 radical (unpaired) electrons. The number of para-hydroxylation sites is 2. The Morgan fingerprint density at radius 3 is 2.85 bits per heavy atom. The van der Waals surface area contributed by atoms with Crippen molar-refractivity contribution in [3.8, 4) is 0 Å². The molecule has 0 aliphatic heterocycles. The lowest BCUT2D eigenvalue weighted by molar-refractivity contribution is -0.150. The Balaban J connectivity index is 1.52. The fourth-order valence-electron chi connectivity index (χ4n) is 3.20. The molecule has 1 saturated carbocycles. The molecule has 6 nitrogen and oxygen atoms in total. The number of fused-ring (bicyclic) bond motifs is 1. The third-order valence-electron chi connectivity index (χ3n) is 4.77. The topological polar surface area (TPSA) is 81.4 Å². The number of carbonyl (C=O) groups is 2. The molecule has 1 amide bonds. The summed E-state index contributed by atoms with van der Waals surface area (Å²) in [6.45, 7) is 3.72. The molecule has 3 unspecified atom stereocenters. The van der Waals surface area contributed by atoms with Crippen LogP contribution in [0.4, 0.5) is 0 Å². The summed E-state index contributed by atoms with van der Waals surface area (Å²) in [4.78, 5) is 28.4. The monoisotopic (exact) mass is 356 g/mol. The summed E-state index contributed by atoms with van der Waals surface area (Å²) in [7, 11) is 0. The second-order valence-corrected chi connectivity index (χ2v) is 6.81. The molecule has 0 spiro atoms. The number of amides is 1. The van der Waals surface area contributed by atoms with Crippen LogP contribution in [0.5, 0.6) is 0 Å². The molecule has 1 aliphatic carbocycles. The van der Waals surface area contributed by atoms with Crippen molar-refractivity contribution in [1.29, 1.82) is 0 Å². The molecule has 6 heteroatoms. The molecule has 3 rings (SSSR count). The molecule has 1 aliphatic rings. The van der Waals surface area contributed by atoms with Crippen molar-refractivity contribution < 1.29 is 18.7 Å². The van der Waals surface area contributed by atoms with Crippen LogP contribution < -0.4 is 5.32 Å². The van der Waals surface area contributed by atoms with E-state index >= 15 is 0 Å². The van der Waals surface area contributed by atoms with Crippen LogP contribution >= 0.6 is 0 Å². The molecule has 0 saturated heterocycles. The SMILES string of the molecule is CC(OC(=O)C=Cc1nc2ccccc2o1)C(=O)NC1CCCCC1C. The Labute approximate surface area is 152 Å². The molecule has 138 valence electrons. The van der Waals surface area contributed by atoms with Crippen molar-refractivity contribution in [2.75, 3.05) is 0 Å². The van der Waals surface area contributed by atoms with Gasteiger partial charge in [0.1, 0.15) is 5.52 Å². The highest BCUT2D eigenvalue weighted by Gasteiger charge is 2.25. The maximum absolute atomic E-state index is 12.2. The third-order valence-corrected chi connectivity index (χ3v) is 4.77. The molecule has 1 aromatic carbocycles. The van der Waals surface area contributed by atoms with Crippen LogP contribution in [-0.2, 0) is 14.3 Å². The first kappa shape index (κ1) is 18.2. The fraction of sp³-hybridized carbons (Fsp3) is 0.450. The lowest BCUT2D eigenvalue weighted by atomic mass is 9.86. The lowest BCUT2D eigenvalue weighted by Gasteiger charge is -2.30. The van der Waals surface area contributed by atoms with E-state index in [2.05, 4.69) is 17.2 Å². The summed E-state index contributed by atoms with van der Waals surface area (Å²) >= 11 is 0. The van der Waals surface area contributed by atoms with Crippen molar-refractivity contribution in [2.24, 2.45) is 5.92 Å². The minimum atomic E-state index is -0.843. The van der Waals surface area contributed by atoms with E-state index in [4.69, 9.17) is 9.15 Å². The number of nitrogens with one attached hydrogen (secondary N) is 1. The van der Waals surface area contributed by atoms with Crippen LogP contribution in [0, 0.1) is 5.92 Å². The quantitative estimate of drug-likeness (QED) is 0.655. The Hall–Kier alpha value is -2.63. The van der Waals surface area contributed by atoms with Crippen molar-refractivity contribution in [3.05, 3.63) is 36.2 Å². The van der Waals surface area contributed by atoms with Crippen LogP contribution in [0.3, 0.4) is 0 Å². The molecule has 1 heterocycles. The number of oxazole rings is 1. The smallest absolute Gasteiger partial charge is 0.331 e. The molecular weight excluding hydrogens is 332 g/mol. The molecule has 2 aromatic rings. The highest BCUT2D eigenvalue weighted by atomic mass is 16.5. The standard InChI is InChI=1S/C20H24N2O4/c1-13-7-3-4-8-15(13)22-20(24)14(2)25-19(23)12-11-18-21-16-9-5-6-10-17(16)26-18/h5-6,9-15H,3-4,7-8H2,1-2H3,(H,22,24). The average molecular weight is 356 g/mol. The average Bonchev–Trinajstić information content (AvgIpc) is 3.05. The number of benzene rings is 1. The summed E-state index contributed by atoms with van der Waals surface area (Å²) in [5.41, 5.74) is 1.37. The number of nitrogens with zero attached hydrogens (tertiary/aromatic N) is 1. The van der Waals surface area contributed by atoms with Crippen LogP contribution in [0.2, 0.25) is 0 Å². The van der Waals surface area contributed by atoms with E-state index in [0.717, 1.165) is 24.8 Å². The molecular formula is C20H24N2O4. The highest BCUT2D eigenvalue weighted by molar-refractivity contribution is 5.90. The normalized spacial score (nSPS) is 21.6. The van der Waals surface area contributed by atoms with Gasteiger partial charge in [0.2, 0.25) is 5.89 Å². The number of carbonyl (C=O) groups excluding carboxylic acids is 2.